The third-order valence-electron chi connectivity index (χ3n) is 10.8. The summed E-state index contributed by atoms with van der Waals surface area (Å²) in [5, 5.41) is 5.48. The van der Waals surface area contributed by atoms with E-state index in [0.29, 0.717) is 55.6 Å². The normalized spacial score (nSPS) is 22.5. The number of carbonyl (C=O) groups is 3. The van der Waals surface area contributed by atoms with E-state index in [2.05, 4.69) is 34.1 Å². The zero-order valence-electron chi connectivity index (χ0n) is 26.5. The van der Waals surface area contributed by atoms with Crippen LogP contribution in [0, 0.1) is 5.92 Å². The number of hydrogen-bond donors (Lipinski definition) is 0. The molecule has 8 rings (SSSR count). The summed E-state index contributed by atoms with van der Waals surface area (Å²) in [7, 11) is 3.34. The fraction of sp³-hybridized carbons (Fsp3) is 0.459. The Hall–Kier alpha value is -4.40. The maximum atomic E-state index is 14.1. The quantitative estimate of drug-likeness (QED) is 0.238. The monoisotopic (exact) mass is 620 g/mol. The molecule has 238 valence electrons. The van der Waals surface area contributed by atoms with Crippen molar-refractivity contribution in [2.24, 2.45) is 13.0 Å². The van der Waals surface area contributed by atoms with Crippen molar-refractivity contribution < 1.29 is 23.9 Å². The van der Waals surface area contributed by atoms with Gasteiger partial charge >= 0.3 is 5.97 Å². The van der Waals surface area contributed by atoms with Gasteiger partial charge < -0.3 is 18.9 Å². The van der Waals surface area contributed by atoms with Crippen molar-refractivity contribution in [2.45, 2.75) is 75.3 Å². The number of Topliss-reactive ketones (excluding diaryl/α,β-unsaturated/α-hetero) is 1. The first-order valence-electron chi connectivity index (χ1n) is 16.7. The number of fused-ring (bicyclic) bond motifs is 2. The number of esters is 1. The van der Waals surface area contributed by atoms with Crippen LogP contribution in [0.3, 0.4) is 0 Å². The molecule has 46 heavy (non-hydrogen) atoms. The van der Waals surface area contributed by atoms with Gasteiger partial charge in [-0.25, -0.2) is 0 Å². The molecular weight excluding hydrogens is 580 g/mol. The number of nitrogens with zero attached hydrogens (tertiary/aromatic N) is 4. The van der Waals surface area contributed by atoms with Crippen molar-refractivity contribution in [3.63, 3.8) is 0 Å². The minimum atomic E-state index is -0.593. The average molecular weight is 621 g/mol. The van der Waals surface area contributed by atoms with Gasteiger partial charge in [0.1, 0.15) is 11.4 Å². The first-order chi connectivity index (χ1) is 22.3. The van der Waals surface area contributed by atoms with Gasteiger partial charge in [0.25, 0.3) is 5.91 Å². The molecule has 4 heterocycles. The molecule has 0 radical (unpaired) electrons. The molecular formula is C37H40N4O5. The van der Waals surface area contributed by atoms with Crippen molar-refractivity contribution in [2.75, 3.05) is 20.2 Å². The number of carbonyl (C=O) groups excluding carboxylic acids is 3. The summed E-state index contributed by atoms with van der Waals surface area (Å²) in [4.78, 5) is 41.7. The largest absolute Gasteiger partial charge is 0.486 e. The molecule has 2 aromatic carbocycles. The van der Waals surface area contributed by atoms with Gasteiger partial charge in [-0.05, 0) is 85.9 Å². The fourth-order valence-corrected chi connectivity index (χ4v) is 8.05. The predicted octanol–water partition coefficient (Wildman–Crippen LogP) is 6.46. The van der Waals surface area contributed by atoms with Gasteiger partial charge in [-0.3, -0.25) is 19.1 Å². The summed E-state index contributed by atoms with van der Waals surface area (Å²) >= 11 is 0. The van der Waals surface area contributed by atoms with E-state index in [9.17, 15) is 14.4 Å². The summed E-state index contributed by atoms with van der Waals surface area (Å²) in [6.07, 6.45) is 13.2. The molecule has 9 nitrogen and oxygen atoms in total. The van der Waals surface area contributed by atoms with E-state index in [1.165, 1.54) is 30.9 Å². The van der Waals surface area contributed by atoms with Crippen molar-refractivity contribution in [1.82, 2.24) is 19.2 Å². The van der Waals surface area contributed by atoms with Crippen LogP contribution in [-0.2, 0) is 16.6 Å². The zero-order valence-corrected chi connectivity index (χ0v) is 26.5. The Balaban J connectivity index is 1.01. The number of hydrogen-bond acceptors (Lipinski definition) is 6. The predicted molar refractivity (Wildman–Crippen MR) is 173 cm³/mol. The Bertz CT molecular complexity index is 1850. The van der Waals surface area contributed by atoms with Gasteiger partial charge in [-0.2, -0.15) is 5.10 Å². The highest BCUT2D eigenvalue weighted by Crippen LogP contribution is 2.44. The first-order valence-corrected chi connectivity index (χ1v) is 16.7. The van der Waals surface area contributed by atoms with Crippen LogP contribution in [0.4, 0.5) is 0 Å². The van der Waals surface area contributed by atoms with Crippen molar-refractivity contribution in [3.05, 3.63) is 71.7 Å². The molecule has 9 heteroatoms. The molecule has 0 unspecified atom stereocenters. The smallest absolute Gasteiger partial charge is 0.308 e. The lowest BCUT2D eigenvalue weighted by atomic mass is 9.77. The maximum absolute atomic E-state index is 14.1. The molecule has 4 aromatic rings. The van der Waals surface area contributed by atoms with Crippen LogP contribution in [-0.4, -0.2) is 62.7 Å². The average Bonchev–Trinajstić information content (AvgIpc) is 3.68. The number of aromatic nitrogens is 3. The molecule has 0 atom stereocenters. The lowest BCUT2D eigenvalue weighted by Gasteiger charge is -2.44. The molecule has 1 amide bonds. The lowest BCUT2D eigenvalue weighted by molar-refractivity contribution is -0.146. The number of likely N-dealkylation sites (tertiary alicyclic amines) is 1. The number of methoxy groups -OCH3 is 1. The van der Waals surface area contributed by atoms with Gasteiger partial charge in [0.15, 0.2) is 5.78 Å². The summed E-state index contributed by atoms with van der Waals surface area (Å²) < 4.78 is 15.7. The molecule has 0 bridgehead atoms. The first kappa shape index (κ1) is 29.0. The van der Waals surface area contributed by atoms with E-state index in [1.54, 1.807) is 10.9 Å². The molecule has 2 aromatic heterocycles. The van der Waals surface area contributed by atoms with Crippen LogP contribution in [0.2, 0.25) is 0 Å². The number of aryl methyl sites for hydroxylation is 1. The summed E-state index contributed by atoms with van der Waals surface area (Å²) in [6, 6.07) is 12.7. The van der Waals surface area contributed by atoms with Crippen LogP contribution >= 0.6 is 0 Å². The van der Waals surface area contributed by atoms with E-state index in [0.717, 1.165) is 47.9 Å². The fourth-order valence-electron chi connectivity index (χ4n) is 8.05. The van der Waals surface area contributed by atoms with Gasteiger partial charge in [0.05, 0.1) is 31.2 Å². The zero-order chi connectivity index (χ0) is 31.6. The number of ketones is 1. The number of ether oxygens (including phenoxy) is 2. The topological polar surface area (TPSA) is 95.7 Å². The van der Waals surface area contributed by atoms with Crippen molar-refractivity contribution >= 4 is 28.6 Å². The summed E-state index contributed by atoms with van der Waals surface area (Å²) in [5.41, 5.74) is 5.01. The van der Waals surface area contributed by atoms with E-state index < -0.39 is 5.60 Å². The van der Waals surface area contributed by atoms with Gasteiger partial charge in [-0.1, -0.05) is 6.07 Å². The summed E-state index contributed by atoms with van der Waals surface area (Å²) in [6.45, 7) is 1.08. The number of rotatable bonds is 5. The maximum Gasteiger partial charge on any atom is 0.308 e. The Kier molecular flexibility index (Phi) is 7.03. The Morgan fingerprint density at radius 2 is 1.76 bits per heavy atom. The molecule has 2 aliphatic heterocycles. The van der Waals surface area contributed by atoms with Gasteiger partial charge in [0.2, 0.25) is 0 Å². The molecule has 3 fully saturated rings. The Labute approximate surface area is 268 Å². The highest BCUT2D eigenvalue weighted by atomic mass is 16.5. The minimum absolute atomic E-state index is 0.0356. The lowest BCUT2D eigenvalue weighted by Crippen LogP contribution is -2.52. The van der Waals surface area contributed by atoms with E-state index in [4.69, 9.17) is 9.47 Å². The highest BCUT2D eigenvalue weighted by molar-refractivity contribution is 6.02. The minimum Gasteiger partial charge on any atom is -0.486 e. The van der Waals surface area contributed by atoms with Crippen LogP contribution in [0.25, 0.3) is 22.0 Å². The standard InChI is InChI=1S/C37H40N4O5/c1-39-22-27(21-38-39)25-7-10-34-31(17-25)33(42)20-37(46-34)12-15-40(16-13-37)35(43)26-18-30(23-3-5-24(6-4-23)36(44)45-2)29-11-14-41(28-8-9-28)32(29)19-26/h7,10-11,14,17-19,21-24,28H,3-6,8-9,12-13,15-16,20H2,1-2H3. The van der Waals surface area contributed by atoms with E-state index in [-0.39, 0.29) is 23.6 Å². The molecule has 1 spiro atoms. The second kappa shape index (κ2) is 11.1. The highest BCUT2D eigenvalue weighted by Gasteiger charge is 2.44. The third kappa shape index (κ3) is 5.10. The van der Waals surface area contributed by atoms with Gasteiger partial charge in [-0.15, -0.1) is 0 Å². The second-order valence-electron chi connectivity index (χ2n) is 13.8. The number of piperidine rings is 1. The van der Waals surface area contributed by atoms with Crippen molar-refractivity contribution in [3.8, 4) is 16.9 Å². The third-order valence-corrected chi connectivity index (χ3v) is 10.8. The van der Waals surface area contributed by atoms with E-state index >= 15 is 0 Å². The molecule has 4 aliphatic rings. The Morgan fingerprint density at radius 3 is 2.46 bits per heavy atom. The molecule has 2 aliphatic carbocycles. The van der Waals surface area contributed by atoms with E-state index in [1.807, 2.05) is 36.3 Å². The summed E-state index contributed by atoms with van der Waals surface area (Å²) in [5.74, 6) is 0.898. The van der Waals surface area contributed by atoms with Gasteiger partial charge in [0, 0.05) is 73.4 Å². The molecule has 2 saturated carbocycles. The number of benzene rings is 2. The molecule has 0 N–H and O–H groups in total. The SMILES string of the molecule is COC(=O)C1CCC(c2cc(C(=O)N3CCC4(CC3)CC(=O)c3cc(-c5cnn(C)c5)ccc3O4)cc3c2ccn3C2CC2)CC1. The van der Waals surface area contributed by atoms with Crippen LogP contribution < -0.4 is 4.74 Å². The van der Waals surface area contributed by atoms with Crippen molar-refractivity contribution in [1.29, 1.82) is 0 Å². The number of amides is 1. The second-order valence-corrected chi connectivity index (χ2v) is 13.8. The van der Waals surface area contributed by atoms with Crippen LogP contribution in [0.1, 0.15) is 96.0 Å². The van der Waals surface area contributed by atoms with Crippen LogP contribution in [0.15, 0.2) is 55.0 Å². The van der Waals surface area contributed by atoms with Crippen LogP contribution in [0.5, 0.6) is 5.75 Å². The Morgan fingerprint density at radius 1 is 0.978 bits per heavy atom. The molecule has 1 saturated heterocycles.